The maximum atomic E-state index is 12.2. The van der Waals surface area contributed by atoms with Crippen LogP contribution in [-0.2, 0) is 16.0 Å². The molecule has 0 radical (unpaired) electrons. The second kappa shape index (κ2) is 9.97. The van der Waals surface area contributed by atoms with E-state index >= 15 is 0 Å². The van der Waals surface area contributed by atoms with Gasteiger partial charge < -0.3 is 15.1 Å². The molecule has 0 bridgehead atoms. The topological polar surface area (TPSA) is 52.7 Å². The minimum Gasteiger partial charge on any atom is -0.378 e. The molecule has 144 valence electrons. The Bertz CT molecular complexity index is 758. The molecule has 0 unspecified atom stereocenters. The van der Waals surface area contributed by atoms with Crippen LogP contribution in [0.3, 0.4) is 0 Å². The minimum atomic E-state index is -0.106. The molecule has 0 heterocycles. The van der Waals surface area contributed by atoms with Gasteiger partial charge in [-0.2, -0.15) is 0 Å². The van der Waals surface area contributed by atoms with Crippen LogP contribution in [-0.4, -0.2) is 43.9 Å². The van der Waals surface area contributed by atoms with Gasteiger partial charge >= 0.3 is 0 Å². The lowest BCUT2D eigenvalue weighted by Crippen LogP contribution is -2.33. The molecular formula is C21H26ClN3O2. The van der Waals surface area contributed by atoms with Crippen LogP contribution >= 0.6 is 11.6 Å². The predicted octanol–water partition coefficient (Wildman–Crippen LogP) is 3.83. The molecule has 0 atom stereocenters. The van der Waals surface area contributed by atoms with Gasteiger partial charge in [0.1, 0.15) is 0 Å². The van der Waals surface area contributed by atoms with E-state index in [-0.39, 0.29) is 18.2 Å². The first-order chi connectivity index (χ1) is 12.8. The minimum absolute atomic E-state index is 0.0351. The maximum absolute atomic E-state index is 12.2. The summed E-state index contributed by atoms with van der Waals surface area (Å²) in [4.78, 5) is 27.8. The van der Waals surface area contributed by atoms with E-state index in [0.29, 0.717) is 18.1 Å². The van der Waals surface area contributed by atoms with Gasteiger partial charge in [0.05, 0.1) is 0 Å². The van der Waals surface area contributed by atoms with Crippen molar-refractivity contribution >= 4 is 34.8 Å². The highest BCUT2D eigenvalue weighted by Gasteiger charge is 2.12. The van der Waals surface area contributed by atoms with Gasteiger partial charge in [-0.3, -0.25) is 9.59 Å². The third-order valence-corrected chi connectivity index (χ3v) is 4.56. The molecule has 27 heavy (non-hydrogen) atoms. The molecular weight excluding hydrogens is 362 g/mol. The van der Waals surface area contributed by atoms with Crippen molar-refractivity contribution in [3.63, 3.8) is 0 Å². The Kier molecular flexibility index (Phi) is 7.67. The zero-order valence-corrected chi connectivity index (χ0v) is 16.8. The summed E-state index contributed by atoms with van der Waals surface area (Å²) >= 11 is 5.89. The van der Waals surface area contributed by atoms with E-state index in [1.54, 1.807) is 4.90 Å². The normalized spacial score (nSPS) is 10.4. The van der Waals surface area contributed by atoms with Crippen molar-refractivity contribution in [2.24, 2.45) is 0 Å². The Hall–Kier alpha value is -2.53. The van der Waals surface area contributed by atoms with Gasteiger partial charge in [-0.05, 0) is 48.4 Å². The highest BCUT2D eigenvalue weighted by atomic mass is 35.5. The monoisotopic (exact) mass is 387 g/mol. The second-order valence-corrected chi connectivity index (χ2v) is 7.06. The fraction of sp³-hybridized carbons (Fsp3) is 0.333. The number of hydrogen-bond donors (Lipinski definition) is 1. The van der Waals surface area contributed by atoms with Crippen LogP contribution in [0, 0.1) is 0 Å². The van der Waals surface area contributed by atoms with Gasteiger partial charge in [0, 0.05) is 56.9 Å². The number of amides is 2. The van der Waals surface area contributed by atoms with Crippen LogP contribution < -0.4 is 10.2 Å². The highest BCUT2D eigenvalue weighted by Crippen LogP contribution is 2.16. The number of anilines is 2. The first-order valence-corrected chi connectivity index (χ1v) is 9.30. The Morgan fingerprint density at radius 3 is 2.15 bits per heavy atom. The molecule has 2 aromatic carbocycles. The summed E-state index contributed by atoms with van der Waals surface area (Å²) in [5, 5.41) is 3.56. The summed E-state index contributed by atoms with van der Waals surface area (Å²) in [5.74, 6) is -0.141. The Morgan fingerprint density at radius 2 is 1.59 bits per heavy atom. The Labute approximate surface area is 165 Å². The summed E-state index contributed by atoms with van der Waals surface area (Å²) in [7, 11) is 3.93. The van der Waals surface area contributed by atoms with Crippen LogP contribution in [0.1, 0.15) is 18.9 Å². The largest absolute Gasteiger partial charge is 0.378 e. The molecule has 2 rings (SSSR count). The van der Waals surface area contributed by atoms with Gasteiger partial charge in [0.25, 0.3) is 0 Å². The van der Waals surface area contributed by atoms with Crippen molar-refractivity contribution in [3.8, 4) is 0 Å². The molecule has 0 saturated carbocycles. The molecule has 6 heteroatoms. The van der Waals surface area contributed by atoms with Gasteiger partial charge in [0.2, 0.25) is 11.8 Å². The van der Waals surface area contributed by atoms with Gasteiger partial charge in [-0.15, -0.1) is 0 Å². The fourth-order valence-corrected chi connectivity index (χ4v) is 2.77. The number of carbonyl (C=O) groups excluding carboxylic acids is 2. The molecule has 0 aliphatic heterocycles. The lowest BCUT2D eigenvalue weighted by atomic mass is 10.1. The SMILES string of the molecule is CC(=O)N(CCC(=O)Nc1ccc(N(C)C)cc1)CCc1ccc(Cl)cc1. The van der Waals surface area contributed by atoms with Gasteiger partial charge in [0.15, 0.2) is 0 Å². The zero-order chi connectivity index (χ0) is 19.8. The molecule has 0 aromatic heterocycles. The van der Waals surface area contributed by atoms with Crippen LogP contribution in [0.5, 0.6) is 0 Å². The van der Waals surface area contributed by atoms with Gasteiger partial charge in [-0.1, -0.05) is 23.7 Å². The molecule has 0 aliphatic rings. The molecule has 1 N–H and O–H groups in total. The molecule has 0 aliphatic carbocycles. The molecule has 0 saturated heterocycles. The quantitative estimate of drug-likeness (QED) is 0.749. The van der Waals surface area contributed by atoms with Crippen molar-refractivity contribution in [3.05, 3.63) is 59.1 Å². The lowest BCUT2D eigenvalue weighted by Gasteiger charge is -2.21. The Morgan fingerprint density at radius 1 is 0.963 bits per heavy atom. The summed E-state index contributed by atoms with van der Waals surface area (Å²) in [6, 6.07) is 15.2. The van der Waals surface area contributed by atoms with E-state index in [1.165, 1.54) is 6.92 Å². The van der Waals surface area contributed by atoms with Crippen molar-refractivity contribution in [1.82, 2.24) is 4.90 Å². The molecule has 0 spiro atoms. The maximum Gasteiger partial charge on any atom is 0.226 e. The highest BCUT2D eigenvalue weighted by molar-refractivity contribution is 6.30. The number of benzene rings is 2. The number of nitrogens with zero attached hydrogens (tertiary/aromatic N) is 2. The van der Waals surface area contributed by atoms with Crippen molar-refractivity contribution in [2.45, 2.75) is 19.8 Å². The summed E-state index contributed by atoms with van der Waals surface area (Å²) < 4.78 is 0. The van der Waals surface area contributed by atoms with E-state index in [0.717, 1.165) is 23.4 Å². The van der Waals surface area contributed by atoms with Crippen LogP contribution in [0.2, 0.25) is 5.02 Å². The smallest absolute Gasteiger partial charge is 0.226 e. The van der Waals surface area contributed by atoms with Crippen LogP contribution in [0.4, 0.5) is 11.4 Å². The first-order valence-electron chi connectivity index (χ1n) is 8.92. The van der Waals surface area contributed by atoms with E-state index in [9.17, 15) is 9.59 Å². The molecule has 5 nitrogen and oxygen atoms in total. The van der Waals surface area contributed by atoms with E-state index in [1.807, 2.05) is 67.5 Å². The van der Waals surface area contributed by atoms with E-state index in [4.69, 9.17) is 11.6 Å². The summed E-state index contributed by atoms with van der Waals surface area (Å²) in [5.41, 5.74) is 2.93. The standard InChI is InChI=1S/C21H26ClN3O2/c1-16(26)25(14-12-17-4-6-18(22)7-5-17)15-13-21(27)23-19-8-10-20(11-9-19)24(2)3/h4-11H,12-15H2,1-3H3,(H,23,27). The summed E-state index contributed by atoms with van der Waals surface area (Å²) in [6.07, 6.45) is 0.986. The average Bonchev–Trinajstić information content (AvgIpc) is 2.63. The van der Waals surface area contributed by atoms with Crippen molar-refractivity contribution in [1.29, 1.82) is 0 Å². The fourth-order valence-electron chi connectivity index (χ4n) is 2.64. The van der Waals surface area contributed by atoms with Gasteiger partial charge in [-0.25, -0.2) is 0 Å². The van der Waals surface area contributed by atoms with Crippen molar-refractivity contribution in [2.75, 3.05) is 37.4 Å². The third kappa shape index (κ3) is 6.94. The third-order valence-electron chi connectivity index (χ3n) is 4.31. The molecule has 2 amide bonds. The van der Waals surface area contributed by atoms with E-state index < -0.39 is 0 Å². The number of rotatable bonds is 8. The molecule has 2 aromatic rings. The number of halogens is 1. The summed E-state index contributed by atoms with van der Waals surface area (Å²) in [6.45, 7) is 2.49. The zero-order valence-electron chi connectivity index (χ0n) is 16.0. The van der Waals surface area contributed by atoms with E-state index in [2.05, 4.69) is 5.32 Å². The molecule has 0 fully saturated rings. The number of carbonyl (C=O) groups is 2. The number of nitrogens with one attached hydrogen (secondary N) is 1. The van der Waals surface area contributed by atoms with Crippen molar-refractivity contribution < 1.29 is 9.59 Å². The first kappa shape index (κ1) is 20.8. The Balaban J connectivity index is 1.82. The number of hydrogen-bond acceptors (Lipinski definition) is 3. The predicted molar refractivity (Wildman–Crippen MR) is 111 cm³/mol. The van der Waals surface area contributed by atoms with Crippen LogP contribution in [0.15, 0.2) is 48.5 Å². The lowest BCUT2D eigenvalue weighted by molar-refractivity contribution is -0.129. The van der Waals surface area contributed by atoms with Crippen LogP contribution in [0.25, 0.3) is 0 Å². The average molecular weight is 388 g/mol. The second-order valence-electron chi connectivity index (χ2n) is 6.62.